The first-order valence-electron chi connectivity index (χ1n) is 6.62. The van der Waals surface area contributed by atoms with Gasteiger partial charge in [0.15, 0.2) is 0 Å². The van der Waals surface area contributed by atoms with Crippen LogP contribution in [0.25, 0.3) is 5.57 Å². The SMILES string of the molecule is CC(Cc1ccccn1)C1=C[CH]([Cr+2])c2ccccc21.[Cl-].[Cl-]. The van der Waals surface area contributed by atoms with Gasteiger partial charge in [-0.15, -0.1) is 0 Å². The molecular weight excluding hydrogens is 341 g/mol. The van der Waals surface area contributed by atoms with Crippen molar-refractivity contribution in [1.29, 1.82) is 0 Å². The van der Waals surface area contributed by atoms with E-state index in [1.54, 1.807) is 0 Å². The number of aromatic nitrogens is 1. The van der Waals surface area contributed by atoms with Gasteiger partial charge in [-0.1, -0.05) is 0 Å². The predicted molar refractivity (Wildman–Crippen MR) is 74.3 cm³/mol. The van der Waals surface area contributed by atoms with Crippen molar-refractivity contribution in [1.82, 2.24) is 4.98 Å². The molecule has 2 unspecified atom stereocenters. The number of pyridine rings is 1. The van der Waals surface area contributed by atoms with Gasteiger partial charge in [0.25, 0.3) is 0 Å². The van der Waals surface area contributed by atoms with Gasteiger partial charge < -0.3 is 24.8 Å². The number of rotatable bonds is 3. The van der Waals surface area contributed by atoms with Crippen LogP contribution in [0.3, 0.4) is 0 Å². The number of allylic oxidation sites excluding steroid dienone is 2. The van der Waals surface area contributed by atoms with Gasteiger partial charge in [0.1, 0.15) is 0 Å². The summed E-state index contributed by atoms with van der Waals surface area (Å²) in [5.74, 6) is 0.495. The fourth-order valence-electron chi connectivity index (χ4n) is 2.72. The minimum atomic E-state index is 0. The molecule has 0 aliphatic heterocycles. The molecule has 1 aliphatic carbocycles. The Bertz CT molecular complexity index is 613. The van der Waals surface area contributed by atoms with E-state index in [2.05, 4.69) is 70.7 Å². The van der Waals surface area contributed by atoms with Crippen LogP contribution in [0.1, 0.15) is 28.5 Å². The second-order valence-electron chi connectivity index (χ2n) is 5.06. The van der Waals surface area contributed by atoms with Crippen molar-refractivity contribution in [3.63, 3.8) is 0 Å². The molecule has 0 amide bonds. The van der Waals surface area contributed by atoms with Gasteiger partial charge in [-0.05, 0) is 0 Å². The second kappa shape index (κ2) is 8.01. The Morgan fingerprint density at radius 3 is 2.52 bits per heavy atom. The standard InChI is InChI=1S/C17H16N.2ClH.Cr/c1-13(12-15-7-4-5-11-18-15)16-10-9-14-6-2-3-8-17(14)16;;;/h2-11,13H,12H2,1H3;2*1H;/q;;;+2/p-2. The fourth-order valence-corrected chi connectivity index (χ4v) is 3.27. The largest absolute Gasteiger partial charge is 1.00 e. The summed E-state index contributed by atoms with van der Waals surface area (Å²) in [6.45, 7) is 2.29. The van der Waals surface area contributed by atoms with Crippen LogP contribution in [0.4, 0.5) is 0 Å². The molecule has 0 saturated carbocycles. The molecule has 3 rings (SSSR count). The molecule has 0 radical (unpaired) electrons. The zero-order valence-electron chi connectivity index (χ0n) is 11.7. The maximum absolute atomic E-state index is 4.43. The molecule has 1 aromatic heterocycles. The van der Waals surface area contributed by atoms with Gasteiger partial charge in [-0.3, -0.25) is 0 Å². The van der Waals surface area contributed by atoms with E-state index in [0.29, 0.717) is 10.7 Å². The molecule has 1 heterocycles. The summed E-state index contributed by atoms with van der Waals surface area (Å²) in [6, 6.07) is 14.8. The van der Waals surface area contributed by atoms with E-state index in [1.165, 1.54) is 16.7 Å². The summed E-state index contributed by atoms with van der Waals surface area (Å²) < 4.78 is 0.414. The fraction of sp³-hybridized carbons (Fsp3) is 0.235. The van der Waals surface area contributed by atoms with Gasteiger partial charge in [0, 0.05) is 0 Å². The van der Waals surface area contributed by atoms with Crippen molar-refractivity contribution in [3.05, 3.63) is 71.6 Å². The molecule has 2 aromatic rings. The first-order valence-corrected chi connectivity index (χ1v) is 7.36. The third-order valence-electron chi connectivity index (χ3n) is 3.68. The molecular formula is C17H16Cl2CrN. The monoisotopic (exact) mass is 356 g/mol. The molecule has 2 atom stereocenters. The maximum atomic E-state index is 4.43. The molecule has 0 spiro atoms. The molecule has 1 nitrogen and oxygen atoms in total. The van der Waals surface area contributed by atoms with Gasteiger partial charge in [0.2, 0.25) is 0 Å². The molecule has 0 fully saturated rings. The van der Waals surface area contributed by atoms with Crippen molar-refractivity contribution in [2.24, 2.45) is 5.92 Å². The van der Waals surface area contributed by atoms with E-state index in [9.17, 15) is 0 Å². The first kappa shape index (κ1) is 18.3. The summed E-state index contributed by atoms with van der Waals surface area (Å²) in [5, 5.41) is 0. The Hall–Kier alpha value is -0.778. The number of benzene rings is 1. The van der Waals surface area contributed by atoms with Crippen molar-refractivity contribution < 1.29 is 41.1 Å². The van der Waals surface area contributed by atoms with Crippen LogP contribution in [0.5, 0.6) is 0 Å². The van der Waals surface area contributed by atoms with Crippen LogP contribution in [0.2, 0.25) is 0 Å². The molecule has 109 valence electrons. The number of halogens is 2. The zero-order chi connectivity index (χ0) is 13.2. The quantitative estimate of drug-likeness (QED) is 0.617. The van der Waals surface area contributed by atoms with E-state index in [4.69, 9.17) is 0 Å². The van der Waals surface area contributed by atoms with Crippen molar-refractivity contribution >= 4 is 5.57 Å². The Morgan fingerprint density at radius 2 is 1.81 bits per heavy atom. The third-order valence-corrected chi connectivity index (χ3v) is 4.29. The molecule has 0 N–H and O–H groups in total. The van der Waals surface area contributed by atoms with E-state index in [0.717, 1.165) is 12.1 Å². The Labute approximate surface area is 147 Å². The second-order valence-corrected chi connectivity index (χ2v) is 5.85. The van der Waals surface area contributed by atoms with E-state index < -0.39 is 0 Å². The first-order chi connectivity index (χ1) is 9.25. The van der Waals surface area contributed by atoms with Crippen molar-refractivity contribution in [2.45, 2.75) is 18.1 Å². The Balaban J connectivity index is 0.00000110. The molecule has 0 saturated heterocycles. The van der Waals surface area contributed by atoms with Gasteiger partial charge in [0.05, 0.1) is 0 Å². The van der Waals surface area contributed by atoms with E-state index in [1.807, 2.05) is 12.3 Å². The Kier molecular flexibility index (Phi) is 6.97. The zero-order valence-corrected chi connectivity index (χ0v) is 14.5. The van der Waals surface area contributed by atoms with E-state index in [-0.39, 0.29) is 24.8 Å². The van der Waals surface area contributed by atoms with E-state index >= 15 is 0 Å². The normalized spacial score (nSPS) is 17.0. The number of hydrogen-bond acceptors (Lipinski definition) is 1. The Morgan fingerprint density at radius 1 is 1.10 bits per heavy atom. The molecule has 1 aliphatic rings. The van der Waals surface area contributed by atoms with Crippen molar-refractivity contribution in [3.8, 4) is 0 Å². The smallest absolute Gasteiger partial charge is 1.00 e. The summed E-state index contributed by atoms with van der Waals surface area (Å²) in [7, 11) is 0. The predicted octanol–water partition coefficient (Wildman–Crippen LogP) is -2.05. The van der Waals surface area contributed by atoms with Crippen LogP contribution in [0.15, 0.2) is 54.7 Å². The van der Waals surface area contributed by atoms with Crippen molar-refractivity contribution in [2.75, 3.05) is 0 Å². The van der Waals surface area contributed by atoms with Crippen LogP contribution >= 0.6 is 0 Å². The summed E-state index contributed by atoms with van der Waals surface area (Å²) in [6.07, 6.45) is 5.22. The summed E-state index contributed by atoms with van der Waals surface area (Å²) in [5.41, 5.74) is 5.42. The minimum absolute atomic E-state index is 0. The average molecular weight is 357 g/mol. The van der Waals surface area contributed by atoms with Crippen LogP contribution < -0.4 is 24.8 Å². The van der Waals surface area contributed by atoms with Gasteiger partial charge in [-0.25, -0.2) is 0 Å². The molecule has 21 heavy (non-hydrogen) atoms. The topological polar surface area (TPSA) is 12.9 Å². The number of hydrogen-bond donors (Lipinski definition) is 0. The molecule has 4 heteroatoms. The number of nitrogens with zero attached hydrogens (tertiary/aromatic N) is 1. The number of fused-ring (bicyclic) bond motifs is 1. The minimum Gasteiger partial charge on any atom is -1.00 e. The third kappa shape index (κ3) is 3.90. The van der Waals surface area contributed by atoms with Crippen LogP contribution in [-0.2, 0) is 22.7 Å². The van der Waals surface area contributed by atoms with Crippen LogP contribution in [-0.4, -0.2) is 4.98 Å². The average Bonchev–Trinajstić information content (AvgIpc) is 2.78. The summed E-state index contributed by atoms with van der Waals surface area (Å²) >= 11 is 3.25. The van der Waals surface area contributed by atoms with Crippen LogP contribution in [0, 0.1) is 5.92 Å². The molecule has 1 aromatic carbocycles. The van der Waals surface area contributed by atoms with Gasteiger partial charge in [-0.2, -0.15) is 0 Å². The summed E-state index contributed by atoms with van der Waals surface area (Å²) in [4.78, 5) is 4.43. The maximum Gasteiger partial charge on any atom is -1.00 e. The molecule has 0 bridgehead atoms. The van der Waals surface area contributed by atoms with Gasteiger partial charge >= 0.3 is 122 Å².